The van der Waals surface area contributed by atoms with Crippen molar-refractivity contribution < 1.29 is 9.53 Å². The molecule has 2 aromatic rings. The molecule has 0 saturated carbocycles. The Morgan fingerprint density at radius 3 is 2.83 bits per heavy atom. The van der Waals surface area contributed by atoms with Gasteiger partial charge >= 0.3 is 0 Å². The molecular weight excluding hydrogens is 314 g/mol. The van der Waals surface area contributed by atoms with Crippen LogP contribution in [-0.4, -0.2) is 19.1 Å². The van der Waals surface area contributed by atoms with Gasteiger partial charge in [0, 0.05) is 11.1 Å². The standard InChI is InChI=1S/C17H18ClN3O2/c1-23-16-8-3-2-7-13(16)19-17(22)15-10-14(20-21-15)11-5-4-6-12(18)9-11/h2-9,14-15,20-21H,10H2,1H3,(H,19,22). The normalized spacial score (nSPS) is 20.3. The van der Waals surface area contributed by atoms with Crippen LogP contribution < -0.4 is 20.9 Å². The molecule has 2 unspecified atom stereocenters. The molecule has 5 nitrogen and oxygen atoms in total. The van der Waals surface area contributed by atoms with Gasteiger partial charge in [-0.1, -0.05) is 35.9 Å². The molecule has 2 atom stereocenters. The van der Waals surface area contributed by atoms with Crippen LogP contribution in [-0.2, 0) is 4.79 Å². The molecule has 1 amide bonds. The number of methoxy groups -OCH3 is 1. The summed E-state index contributed by atoms with van der Waals surface area (Å²) < 4.78 is 5.25. The van der Waals surface area contributed by atoms with Gasteiger partial charge in [-0.2, -0.15) is 0 Å². The zero-order chi connectivity index (χ0) is 16.2. The minimum Gasteiger partial charge on any atom is -0.495 e. The maximum atomic E-state index is 12.4. The number of carbonyl (C=O) groups is 1. The largest absolute Gasteiger partial charge is 0.495 e. The fourth-order valence-corrected chi connectivity index (χ4v) is 2.84. The monoisotopic (exact) mass is 331 g/mol. The number of rotatable bonds is 4. The Balaban J connectivity index is 1.66. The summed E-state index contributed by atoms with van der Waals surface area (Å²) in [6, 6.07) is 14.7. The van der Waals surface area contributed by atoms with Crippen LogP contribution in [0.15, 0.2) is 48.5 Å². The molecular formula is C17H18ClN3O2. The van der Waals surface area contributed by atoms with Crippen LogP contribution >= 0.6 is 11.6 Å². The molecule has 2 aromatic carbocycles. The fourth-order valence-electron chi connectivity index (χ4n) is 2.64. The topological polar surface area (TPSA) is 62.4 Å². The summed E-state index contributed by atoms with van der Waals surface area (Å²) >= 11 is 6.02. The SMILES string of the molecule is COc1ccccc1NC(=O)C1CC(c2cccc(Cl)c2)NN1. The number of hydrogen-bond donors (Lipinski definition) is 3. The number of hydrogen-bond acceptors (Lipinski definition) is 4. The quantitative estimate of drug-likeness (QED) is 0.806. The molecule has 1 aliphatic rings. The third kappa shape index (κ3) is 3.64. The van der Waals surface area contributed by atoms with Crippen LogP contribution in [0.25, 0.3) is 0 Å². The van der Waals surface area contributed by atoms with Gasteiger partial charge in [-0.25, -0.2) is 10.9 Å². The van der Waals surface area contributed by atoms with Gasteiger partial charge in [0.2, 0.25) is 5.91 Å². The Bertz CT molecular complexity index is 708. The Hall–Kier alpha value is -2.08. The van der Waals surface area contributed by atoms with Gasteiger partial charge in [-0.3, -0.25) is 4.79 Å². The second kappa shape index (κ2) is 7.00. The van der Waals surface area contributed by atoms with Crippen molar-refractivity contribution in [2.45, 2.75) is 18.5 Å². The molecule has 1 heterocycles. The van der Waals surface area contributed by atoms with E-state index in [0.717, 1.165) is 5.56 Å². The number of carbonyl (C=O) groups excluding carboxylic acids is 1. The number of hydrazine groups is 1. The number of ether oxygens (including phenoxy) is 1. The van der Waals surface area contributed by atoms with Gasteiger partial charge in [0.1, 0.15) is 11.8 Å². The lowest BCUT2D eigenvalue weighted by Gasteiger charge is -2.13. The van der Waals surface area contributed by atoms with Crippen LogP contribution in [0.2, 0.25) is 5.02 Å². The Kier molecular flexibility index (Phi) is 4.81. The molecule has 1 saturated heterocycles. The molecule has 1 aliphatic heterocycles. The zero-order valence-electron chi connectivity index (χ0n) is 12.7. The second-order valence-corrected chi connectivity index (χ2v) is 5.81. The molecule has 23 heavy (non-hydrogen) atoms. The van der Waals surface area contributed by atoms with Gasteiger partial charge in [-0.15, -0.1) is 0 Å². The highest BCUT2D eigenvalue weighted by Gasteiger charge is 2.30. The van der Waals surface area contributed by atoms with Crippen LogP contribution in [0.1, 0.15) is 18.0 Å². The van der Waals surface area contributed by atoms with E-state index in [-0.39, 0.29) is 18.0 Å². The molecule has 1 fully saturated rings. The van der Waals surface area contributed by atoms with Crippen molar-refractivity contribution in [3.8, 4) is 5.75 Å². The molecule has 0 bridgehead atoms. The highest BCUT2D eigenvalue weighted by molar-refractivity contribution is 6.30. The highest BCUT2D eigenvalue weighted by atomic mass is 35.5. The first-order valence-electron chi connectivity index (χ1n) is 7.38. The van der Waals surface area contributed by atoms with E-state index >= 15 is 0 Å². The van der Waals surface area contributed by atoms with Crippen molar-refractivity contribution in [3.05, 3.63) is 59.1 Å². The van der Waals surface area contributed by atoms with Crippen LogP contribution in [0.4, 0.5) is 5.69 Å². The number of amides is 1. The predicted molar refractivity (Wildman–Crippen MR) is 90.5 cm³/mol. The maximum absolute atomic E-state index is 12.4. The van der Waals surface area contributed by atoms with E-state index in [4.69, 9.17) is 16.3 Å². The smallest absolute Gasteiger partial charge is 0.243 e. The molecule has 120 valence electrons. The third-order valence-electron chi connectivity index (χ3n) is 3.84. The summed E-state index contributed by atoms with van der Waals surface area (Å²) in [5.74, 6) is 0.532. The van der Waals surface area contributed by atoms with Gasteiger partial charge in [0.25, 0.3) is 0 Å². The maximum Gasteiger partial charge on any atom is 0.243 e. The number of para-hydroxylation sites is 2. The van der Waals surface area contributed by atoms with Crippen LogP contribution in [0.5, 0.6) is 5.75 Å². The first kappa shape index (κ1) is 15.8. The molecule has 3 rings (SSSR count). The van der Waals surface area contributed by atoms with E-state index in [1.165, 1.54) is 0 Å². The van der Waals surface area contributed by atoms with E-state index in [2.05, 4.69) is 16.2 Å². The molecule has 0 spiro atoms. The lowest BCUT2D eigenvalue weighted by molar-refractivity contribution is -0.117. The average molecular weight is 332 g/mol. The van der Waals surface area contributed by atoms with E-state index in [9.17, 15) is 4.79 Å². The third-order valence-corrected chi connectivity index (χ3v) is 4.07. The van der Waals surface area contributed by atoms with Crippen LogP contribution in [0.3, 0.4) is 0 Å². The highest BCUT2D eigenvalue weighted by Crippen LogP contribution is 2.27. The second-order valence-electron chi connectivity index (χ2n) is 5.37. The van der Waals surface area contributed by atoms with Gasteiger partial charge in [0.05, 0.1) is 12.8 Å². The number of halogens is 1. The molecule has 0 aliphatic carbocycles. The van der Waals surface area contributed by atoms with Gasteiger partial charge in [-0.05, 0) is 36.2 Å². The Morgan fingerprint density at radius 1 is 1.22 bits per heavy atom. The molecule has 3 N–H and O–H groups in total. The number of nitrogens with one attached hydrogen (secondary N) is 3. The molecule has 0 aromatic heterocycles. The summed E-state index contributed by atoms with van der Waals surface area (Å²) in [6.45, 7) is 0. The molecule has 0 radical (unpaired) electrons. The van der Waals surface area contributed by atoms with E-state index in [1.807, 2.05) is 48.5 Å². The van der Waals surface area contributed by atoms with Crippen molar-refractivity contribution >= 4 is 23.2 Å². The van der Waals surface area contributed by atoms with Gasteiger partial charge < -0.3 is 10.1 Å². The summed E-state index contributed by atoms with van der Waals surface area (Å²) in [7, 11) is 1.58. The van der Waals surface area contributed by atoms with Crippen molar-refractivity contribution in [2.24, 2.45) is 0 Å². The lowest BCUT2D eigenvalue weighted by atomic mass is 10.0. The van der Waals surface area contributed by atoms with Crippen LogP contribution in [0, 0.1) is 0 Å². The van der Waals surface area contributed by atoms with Gasteiger partial charge in [0.15, 0.2) is 0 Å². The minimum absolute atomic E-state index is 0.0436. The number of benzene rings is 2. The van der Waals surface area contributed by atoms with E-state index in [1.54, 1.807) is 7.11 Å². The van der Waals surface area contributed by atoms with E-state index in [0.29, 0.717) is 22.9 Å². The van der Waals surface area contributed by atoms with Crippen molar-refractivity contribution in [1.29, 1.82) is 0 Å². The lowest BCUT2D eigenvalue weighted by Crippen LogP contribution is -2.39. The van der Waals surface area contributed by atoms with E-state index < -0.39 is 0 Å². The average Bonchev–Trinajstić information content (AvgIpc) is 3.05. The fraction of sp³-hybridized carbons (Fsp3) is 0.235. The van der Waals surface area contributed by atoms with Crippen molar-refractivity contribution in [3.63, 3.8) is 0 Å². The summed E-state index contributed by atoms with van der Waals surface area (Å²) in [4.78, 5) is 12.4. The predicted octanol–water partition coefficient (Wildman–Crippen LogP) is 2.89. The minimum atomic E-state index is -0.330. The van der Waals surface area contributed by atoms with Crippen molar-refractivity contribution in [1.82, 2.24) is 10.9 Å². The summed E-state index contributed by atoms with van der Waals surface area (Å²) in [5, 5.41) is 3.58. The van der Waals surface area contributed by atoms with Crippen molar-refractivity contribution in [2.75, 3.05) is 12.4 Å². The molecule has 6 heteroatoms. The Labute approximate surface area is 140 Å². The summed E-state index contributed by atoms with van der Waals surface area (Å²) in [5.41, 5.74) is 7.89. The first-order chi connectivity index (χ1) is 11.2. The number of anilines is 1. The Morgan fingerprint density at radius 2 is 2.04 bits per heavy atom. The first-order valence-corrected chi connectivity index (χ1v) is 7.75. The zero-order valence-corrected chi connectivity index (χ0v) is 13.4. The summed E-state index contributed by atoms with van der Waals surface area (Å²) in [6.07, 6.45) is 0.640.